The molecule has 0 fully saturated rings. The normalized spacial score (nSPS) is 10.3. The van der Waals surface area contributed by atoms with Crippen LogP contribution < -0.4 is 10.1 Å². The number of carboxylic acid groups (broad SMARTS) is 1. The Balaban J connectivity index is 1.69. The van der Waals surface area contributed by atoms with Gasteiger partial charge in [-0.25, -0.2) is 4.39 Å². The highest BCUT2D eigenvalue weighted by Crippen LogP contribution is 2.16. The van der Waals surface area contributed by atoms with Crippen molar-refractivity contribution in [2.24, 2.45) is 0 Å². The van der Waals surface area contributed by atoms with E-state index in [0.29, 0.717) is 18.5 Å². The summed E-state index contributed by atoms with van der Waals surface area (Å²) in [5.74, 6) is -1.24. The predicted octanol–water partition coefficient (Wildman–Crippen LogP) is 3.64. The molecule has 0 bridgehead atoms. The van der Waals surface area contributed by atoms with E-state index >= 15 is 0 Å². The SMILES string of the molecule is O=C(O)CCc1ccc(NC(=O)CCCOc2ccccc2F)cc1. The molecule has 0 aliphatic rings. The number of amides is 1. The standard InChI is InChI=1S/C19H20FNO4/c20-16-4-1-2-5-17(16)25-13-3-6-18(22)21-15-10-7-14(8-11-15)9-12-19(23)24/h1-2,4-5,7-8,10-11H,3,6,9,12-13H2,(H,21,22)(H,23,24). The zero-order valence-corrected chi connectivity index (χ0v) is 13.7. The minimum atomic E-state index is -0.838. The number of anilines is 1. The molecule has 0 heterocycles. The molecule has 2 rings (SSSR count). The average Bonchev–Trinajstić information content (AvgIpc) is 2.59. The van der Waals surface area contributed by atoms with E-state index in [0.717, 1.165) is 5.56 Å². The van der Waals surface area contributed by atoms with Crippen LogP contribution in [0.2, 0.25) is 0 Å². The van der Waals surface area contributed by atoms with Gasteiger partial charge in [0.15, 0.2) is 11.6 Å². The summed E-state index contributed by atoms with van der Waals surface area (Å²) in [6.07, 6.45) is 1.26. The van der Waals surface area contributed by atoms with Gasteiger partial charge < -0.3 is 15.2 Å². The Morgan fingerprint density at radius 2 is 1.76 bits per heavy atom. The van der Waals surface area contributed by atoms with Gasteiger partial charge >= 0.3 is 5.97 Å². The van der Waals surface area contributed by atoms with Gasteiger partial charge in [0.25, 0.3) is 0 Å². The van der Waals surface area contributed by atoms with E-state index in [-0.39, 0.29) is 31.1 Å². The van der Waals surface area contributed by atoms with E-state index in [1.807, 2.05) is 0 Å². The van der Waals surface area contributed by atoms with Crippen molar-refractivity contribution in [3.8, 4) is 5.75 Å². The van der Waals surface area contributed by atoms with Crippen LogP contribution in [-0.2, 0) is 16.0 Å². The Hall–Kier alpha value is -2.89. The lowest BCUT2D eigenvalue weighted by molar-refractivity contribution is -0.137. The number of hydrogen-bond donors (Lipinski definition) is 2. The van der Waals surface area contributed by atoms with Crippen LogP contribution in [-0.4, -0.2) is 23.6 Å². The third-order valence-corrected chi connectivity index (χ3v) is 3.51. The minimum absolute atomic E-state index is 0.0771. The first kappa shape index (κ1) is 18.4. The van der Waals surface area contributed by atoms with Crippen molar-refractivity contribution < 1.29 is 23.8 Å². The number of nitrogens with one attached hydrogen (secondary N) is 1. The van der Waals surface area contributed by atoms with Crippen LogP contribution in [0.1, 0.15) is 24.8 Å². The maximum Gasteiger partial charge on any atom is 0.303 e. The summed E-state index contributed by atoms with van der Waals surface area (Å²) in [6.45, 7) is 0.252. The Bertz CT molecular complexity index is 716. The highest BCUT2D eigenvalue weighted by Gasteiger charge is 2.05. The number of carboxylic acids is 1. The molecule has 5 nitrogen and oxygen atoms in total. The van der Waals surface area contributed by atoms with Crippen molar-refractivity contribution in [1.29, 1.82) is 0 Å². The van der Waals surface area contributed by atoms with Crippen LogP contribution >= 0.6 is 0 Å². The fraction of sp³-hybridized carbons (Fsp3) is 0.263. The van der Waals surface area contributed by atoms with E-state index in [2.05, 4.69) is 5.32 Å². The molecule has 0 aromatic heterocycles. The van der Waals surface area contributed by atoms with Crippen molar-refractivity contribution in [3.63, 3.8) is 0 Å². The number of halogens is 1. The molecular formula is C19H20FNO4. The smallest absolute Gasteiger partial charge is 0.303 e. The Kier molecular flexibility index (Phi) is 6.95. The Morgan fingerprint density at radius 3 is 2.44 bits per heavy atom. The van der Waals surface area contributed by atoms with Crippen molar-refractivity contribution in [1.82, 2.24) is 0 Å². The van der Waals surface area contributed by atoms with Crippen LogP contribution in [0.3, 0.4) is 0 Å². The first-order valence-electron chi connectivity index (χ1n) is 8.02. The monoisotopic (exact) mass is 345 g/mol. The topological polar surface area (TPSA) is 75.6 Å². The summed E-state index contributed by atoms with van der Waals surface area (Å²) >= 11 is 0. The highest BCUT2D eigenvalue weighted by atomic mass is 19.1. The molecule has 0 atom stereocenters. The van der Waals surface area contributed by atoms with Crippen molar-refractivity contribution in [2.75, 3.05) is 11.9 Å². The highest BCUT2D eigenvalue weighted by molar-refractivity contribution is 5.90. The fourth-order valence-corrected chi connectivity index (χ4v) is 2.21. The van der Waals surface area contributed by atoms with Crippen molar-refractivity contribution in [3.05, 3.63) is 59.9 Å². The molecule has 0 radical (unpaired) electrons. The molecule has 0 aliphatic heterocycles. The molecule has 2 aromatic rings. The van der Waals surface area contributed by atoms with Crippen molar-refractivity contribution >= 4 is 17.6 Å². The second-order valence-corrected chi connectivity index (χ2v) is 5.52. The molecule has 0 saturated carbocycles. The minimum Gasteiger partial charge on any atom is -0.491 e. The number of aryl methyl sites for hydroxylation is 1. The van der Waals surface area contributed by atoms with Crippen LogP contribution in [0.25, 0.3) is 0 Å². The second kappa shape index (κ2) is 9.42. The molecule has 0 aliphatic carbocycles. The maximum absolute atomic E-state index is 13.4. The molecule has 25 heavy (non-hydrogen) atoms. The molecule has 0 unspecified atom stereocenters. The van der Waals surface area contributed by atoms with Gasteiger partial charge in [0.2, 0.25) is 5.91 Å². The van der Waals surface area contributed by atoms with Gasteiger partial charge in [-0.15, -0.1) is 0 Å². The average molecular weight is 345 g/mol. The third-order valence-electron chi connectivity index (χ3n) is 3.51. The number of ether oxygens (including phenoxy) is 1. The molecule has 132 valence electrons. The van der Waals surface area contributed by atoms with Gasteiger partial charge in [0.05, 0.1) is 6.61 Å². The number of aliphatic carboxylic acids is 1. The molecule has 2 aromatic carbocycles. The fourth-order valence-electron chi connectivity index (χ4n) is 2.21. The van der Waals surface area contributed by atoms with Crippen molar-refractivity contribution in [2.45, 2.75) is 25.7 Å². The summed E-state index contributed by atoms with van der Waals surface area (Å²) in [4.78, 5) is 22.4. The number of carbonyl (C=O) groups is 2. The van der Waals surface area contributed by atoms with E-state index in [9.17, 15) is 14.0 Å². The Morgan fingerprint density at radius 1 is 1.04 bits per heavy atom. The molecule has 0 saturated heterocycles. The number of carbonyl (C=O) groups excluding carboxylic acids is 1. The quantitative estimate of drug-likeness (QED) is 0.680. The third kappa shape index (κ3) is 6.63. The molecule has 0 spiro atoms. The van der Waals surface area contributed by atoms with Gasteiger partial charge in [-0.1, -0.05) is 24.3 Å². The summed E-state index contributed by atoms with van der Waals surface area (Å²) in [6, 6.07) is 13.2. The summed E-state index contributed by atoms with van der Waals surface area (Å²) in [7, 11) is 0. The van der Waals surface area contributed by atoms with Crippen LogP contribution in [0, 0.1) is 5.82 Å². The maximum atomic E-state index is 13.4. The first-order chi connectivity index (χ1) is 12.0. The molecular weight excluding hydrogens is 325 g/mol. The predicted molar refractivity (Wildman–Crippen MR) is 92.2 cm³/mol. The Labute approximate surface area is 145 Å². The summed E-state index contributed by atoms with van der Waals surface area (Å²) in [5, 5.41) is 11.4. The lowest BCUT2D eigenvalue weighted by atomic mass is 10.1. The van der Waals surface area contributed by atoms with Crippen LogP contribution in [0.4, 0.5) is 10.1 Å². The number of para-hydroxylation sites is 1. The first-order valence-corrected chi connectivity index (χ1v) is 8.02. The van der Waals surface area contributed by atoms with Crippen LogP contribution in [0.15, 0.2) is 48.5 Å². The van der Waals surface area contributed by atoms with Gasteiger partial charge in [-0.05, 0) is 42.7 Å². The largest absolute Gasteiger partial charge is 0.491 e. The lowest BCUT2D eigenvalue weighted by Gasteiger charge is -2.08. The zero-order chi connectivity index (χ0) is 18.1. The zero-order valence-electron chi connectivity index (χ0n) is 13.7. The van der Waals surface area contributed by atoms with Gasteiger partial charge in [-0.2, -0.15) is 0 Å². The summed E-state index contributed by atoms with van der Waals surface area (Å²) in [5.41, 5.74) is 1.55. The van der Waals surface area contributed by atoms with Gasteiger partial charge in [0.1, 0.15) is 0 Å². The number of benzene rings is 2. The molecule has 1 amide bonds. The van der Waals surface area contributed by atoms with Crippen LogP contribution in [0.5, 0.6) is 5.75 Å². The van der Waals surface area contributed by atoms with E-state index in [1.165, 1.54) is 6.07 Å². The molecule has 2 N–H and O–H groups in total. The van der Waals surface area contributed by atoms with Gasteiger partial charge in [-0.3, -0.25) is 9.59 Å². The summed E-state index contributed by atoms with van der Waals surface area (Å²) < 4.78 is 18.7. The molecule has 6 heteroatoms. The van der Waals surface area contributed by atoms with Gasteiger partial charge in [0, 0.05) is 18.5 Å². The van der Waals surface area contributed by atoms with E-state index in [1.54, 1.807) is 42.5 Å². The lowest BCUT2D eigenvalue weighted by Crippen LogP contribution is -2.13. The number of rotatable bonds is 9. The number of hydrogen-bond acceptors (Lipinski definition) is 3. The van der Waals surface area contributed by atoms with E-state index < -0.39 is 11.8 Å². The van der Waals surface area contributed by atoms with E-state index in [4.69, 9.17) is 9.84 Å². The second-order valence-electron chi connectivity index (χ2n) is 5.52.